The van der Waals surface area contributed by atoms with Gasteiger partial charge < -0.3 is 10.6 Å². The lowest BCUT2D eigenvalue weighted by Crippen LogP contribution is -2.13. The number of aryl methyl sites for hydroxylation is 1. The van der Waals surface area contributed by atoms with Gasteiger partial charge in [0.15, 0.2) is 0 Å². The Morgan fingerprint density at radius 1 is 1.27 bits per heavy atom. The van der Waals surface area contributed by atoms with Crippen LogP contribution < -0.4 is 10.6 Å². The van der Waals surface area contributed by atoms with E-state index in [9.17, 15) is 4.79 Å². The van der Waals surface area contributed by atoms with Gasteiger partial charge in [-0.2, -0.15) is 0 Å². The molecule has 1 aromatic carbocycles. The molecule has 0 aliphatic rings. The normalized spacial score (nSPS) is 10.6. The Balaban J connectivity index is 2.03. The highest BCUT2D eigenvalue weighted by molar-refractivity contribution is 9.10. The van der Waals surface area contributed by atoms with Crippen LogP contribution in [0.4, 0.5) is 11.5 Å². The van der Waals surface area contributed by atoms with E-state index in [2.05, 4.69) is 45.4 Å². The van der Waals surface area contributed by atoms with Gasteiger partial charge in [0.25, 0.3) is 5.91 Å². The van der Waals surface area contributed by atoms with Crippen molar-refractivity contribution in [2.24, 2.45) is 5.92 Å². The molecule has 2 N–H and O–H groups in total. The zero-order valence-electron chi connectivity index (χ0n) is 13.0. The molecule has 0 bridgehead atoms. The van der Waals surface area contributed by atoms with Crippen molar-refractivity contribution in [1.82, 2.24) is 4.98 Å². The Morgan fingerprint density at radius 3 is 2.64 bits per heavy atom. The van der Waals surface area contributed by atoms with Crippen LogP contribution in [0.2, 0.25) is 0 Å². The van der Waals surface area contributed by atoms with Crippen LogP contribution in [0.5, 0.6) is 0 Å². The third kappa shape index (κ3) is 4.56. The van der Waals surface area contributed by atoms with E-state index in [1.807, 2.05) is 31.2 Å². The topological polar surface area (TPSA) is 54.0 Å². The van der Waals surface area contributed by atoms with Crippen molar-refractivity contribution in [3.05, 3.63) is 52.1 Å². The Labute approximate surface area is 139 Å². The van der Waals surface area contributed by atoms with E-state index in [4.69, 9.17) is 0 Å². The third-order valence-corrected chi connectivity index (χ3v) is 3.75. The number of rotatable bonds is 5. The van der Waals surface area contributed by atoms with Gasteiger partial charge in [0.2, 0.25) is 0 Å². The van der Waals surface area contributed by atoms with Crippen molar-refractivity contribution in [2.75, 3.05) is 17.2 Å². The number of hydrogen-bond donors (Lipinski definition) is 2. The third-order valence-electron chi connectivity index (χ3n) is 3.09. The number of carbonyl (C=O) groups is 1. The molecule has 0 fully saturated rings. The molecule has 0 aliphatic carbocycles. The summed E-state index contributed by atoms with van der Waals surface area (Å²) in [6.07, 6.45) is 1.58. The summed E-state index contributed by atoms with van der Waals surface area (Å²) in [7, 11) is 0. The summed E-state index contributed by atoms with van der Waals surface area (Å²) in [6, 6.07) is 9.39. The smallest absolute Gasteiger partial charge is 0.257 e. The summed E-state index contributed by atoms with van der Waals surface area (Å²) in [5.74, 6) is 1.15. The first-order valence-corrected chi connectivity index (χ1v) is 8.02. The standard InChI is InChI=1S/C17H20BrN3O/c1-11(2)9-19-16-7-5-13(10-20-16)17(22)21-15-6-4-12(3)8-14(15)18/h4-8,10-11H,9H2,1-3H3,(H,19,20)(H,21,22). The average molecular weight is 362 g/mol. The van der Waals surface area contributed by atoms with Gasteiger partial charge in [-0.15, -0.1) is 0 Å². The molecule has 116 valence electrons. The fraction of sp³-hybridized carbons (Fsp3) is 0.294. The predicted molar refractivity (Wildman–Crippen MR) is 94.4 cm³/mol. The number of hydrogen-bond acceptors (Lipinski definition) is 3. The summed E-state index contributed by atoms with van der Waals surface area (Å²) in [5, 5.41) is 6.10. The molecule has 1 heterocycles. The molecule has 0 saturated carbocycles. The second-order valence-electron chi connectivity index (χ2n) is 5.64. The predicted octanol–water partition coefficient (Wildman–Crippen LogP) is 4.47. The van der Waals surface area contributed by atoms with Crippen LogP contribution >= 0.6 is 15.9 Å². The number of benzene rings is 1. The molecule has 22 heavy (non-hydrogen) atoms. The van der Waals surface area contributed by atoms with Crippen molar-refractivity contribution in [3.63, 3.8) is 0 Å². The first kappa shape index (κ1) is 16.5. The number of halogens is 1. The second-order valence-corrected chi connectivity index (χ2v) is 6.50. The maximum absolute atomic E-state index is 12.2. The van der Waals surface area contributed by atoms with Crippen molar-refractivity contribution in [3.8, 4) is 0 Å². The first-order chi connectivity index (χ1) is 10.5. The fourth-order valence-electron chi connectivity index (χ4n) is 1.86. The summed E-state index contributed by atoms with van der Waals surface area (Å²) >= 11 is 3.45. The van der Waals surface area contributed by atoms with Gasteiger partial charge in [-0.25, -0.2) is 4.98 Å². The van der Waals surface area contributed by atoms with Crippen LogP contribution in [-0.2, 0) is 0 Å². The molecule has 5 heteroatoms. The van der Waals surface area contributed by atoms with Gasteiger partial charge in [0.05, 0.1) is 11.3 Å². The number of anilines is 2. The van der Waals surface area contributed by atoms with Crippen LogP contribution in [0, 0.1) is 12.8 Å². The highest BCUT2D eigenvalue weighted by atomic mass is 79.9. The molecule has 0 spiro atoms. The molecular weight excluding hydrogens is 342 g/mol. The van der Waals surface area contributed by atoms with E-state index < -0.39 is 0 Å². The molecular formula is C17H20BrN3O. The fourth-order valence-corrected chi connectivity index (χ4v) is 2.45. The van der Waals surface area contributed by atoms with E-state index in [1.54, 1.807) is 12.3 Å². The number of nitrogens with one attached hydrogen (secondary N) is 2. The van der Waals surface area contributed by atoms with Crippen LogP contribution in [0.25, 0.3) is 0 Å². The van der Waals surface area contributed by atoms with Crippen molar-refractivity contribution in [2.45, 2.75) is 20.8 Å². The van der Waals surface area contributed by atoms with Crippen LogP contribution in [0.1, 0.15) is 29.8 Å². The summed E-state index contributed by atoms with van der Waals surface area (Å²) in [6.45, 7) is 7.13. The quantitative estimate of drug-likeness (QED) is 0.825. The Hall–Kier alpha value is -1.88. The molecule has 2 aromatic rings. The highest BCUT2D eigenvalue weighted by Crippen LogP contribution is 2.23. The molecule has 0 aliphatic heterocycles. The maximum Gasteiger partial charge on any atom is 0.257 e. The monoisotopic (exact) mass is 361 g/mol. The van der Waals surface area contributed by atoms with Gasteiger partial charge in [-0.05, 0) is 58.6 Å². The lowest BCUT2D eigenvalue weighted by Gasteiger charge is -2.10. The minimum atomic E-state index is -0.174. The first-order valence-electron chi connectivity index (χ1n) is 7.23. The van der Waals surface area contributed by atoms with E-state index in [0.717, 1.165) is 28.1 Å². The molecule has 2 rings (SSSR count). The Bertz CT molecular complexity index is 653. The van der Waals surface area contributed by atoms with E-state index in [1.165, 1.54) is 0 Å². The zero-order valence-corrected chi connectivity index (χ0v) is 14.6. The molecule has 0 saturated heterocycles. The molecule has 4 nitrogen and oxygen atoms in total. The number of amides is 1. The molecule has 0 radical (unpaired) electrons. The number of carbonyl (C=O) groups excluding carboxylic acids is 1. The number of nitrogens with zero attached hydrogens (tertiary/aromatic N) is 1. The second kappa shape index (κ2) is 7.40. The van der Waals surface area contributed by atoms with E-state index in [0.29, 0.717) is 11.5 Å². The van der Waals surface area contributed by atoms with Crippen molar-refractivity contribution < 1.29 is 4.79 Å². The maximum atomic E-state index is 12.2. The van der Waals surface area contributed by atoms with Crippen molar-refractivity contribution in [1.29, 1.82) is 0 Å². The van der Waals surface area contributed by atoms with Crippen LogP contribution in [-0.4, -0.2) is 17.4 Å². The van der Waals surface area contributed by atoms with Gasteiger partial charge in [-0.3, -0.25) is 4.79 Å². The van der Waals surface area contributed by atoms with E-state index >= 15 is 0 Å². The lowest BCUT2D eigenvalue weighted by atomic mass is 10.2. The lowest BCUT2D eigenvalue weighted by molar-refractivity contribution is 0.102. The molecule has 1 amide bonds. The van der Waals surface area contributed by atoms with Gasteiger partial charge in [0.1, 0.15) is 5.82 Å². The van der Waals surface area contributed by atoms with Crippen LogP contribution in [0.15, 0.2) is 41.0 Å². The van der Waals surface area contributed by atoms with Crippen molar-refractivity contribution >= 4 is 33.3 Å². The summed E-state index contributed by atoms with van der Waals surface area (Å²) < 4.78 is 0.865. The van der Waals surface area contributed by atoms with Gasteiger partial charge in [-0.1, -0.05) is 19.9 Å². The number of pyridine rings is 1. The molecule has 0 atom stereocenters. The summed E-state index contributed by atoms with van der Waals surface area (Å²) in [5.41, 5.74) is 2.41. The minimum Gasteiger partial charge on any atom is -0.370 e. The Kier molecular flexibility index (Phi) is 5.55. The SMILES string of the molecule is Cc1ccc(NC(=O)c2ccc(NCC(C)C)nc2)c(Br)c1. The minimum absolute atomic E-state index is 0.174. The Morgan fingerprint density at radius 2 is 2.05 bits per heavy atom. The van der Waals surface area contributed by atoms with Gasteiger partial charge >= 0.3 is 0 Å². The number of aromatic nitrogens is 1. The summed E-state index contributed by atoms with van der Waals surface area (Å²) in [4.78, 5) is 16.5. The highest BCUT2D eigenvalue weighted by Gasteiger charge is 2.09. The molecule has 0 unspecified atom stereocenters. The zero-order chi connectivity index (χ0) is 16.1. The van der Waals surface area contributed by atoms with E-state index in [-0.39, 0.29) is 5.91 Å². The van der Waals surface area contributed by atoms with Gasteiger partial charge in [0, 0.05) is 17.2 Å². The average Bonchev–Trinajstić information content (AvgIpc) is 2.48. The largest absolute Gasteiger partial charge is 0.370 e. The van der Waals surface area contributed by atoms with Crippen LogP contribution in [0.3, 0.4) is 0 Å². The molecule has 1 aromatic heterocycles.